The Morgan fingerprint density at radius 1 is 1.25 bits per heavy atom. The smallest absolute Gasteiger partial charge is 0.280 e. The zero-order chi connectivity index (χ0) is 19.7. The molecule has 3 aromatic rings. The molecule has 2 heterocycles. The molecule has 0 aliphatic carbocycles. The van der Waals surface area contributed by atoms with Gasteiger partial charge in [-0.2, -0.15) is 5.10 Å². The molecule has 0 aliphatic heterocycles. The van der Waals surface area contributed by atoms with Gasteiger partial charge in [-0.1, -0.05) is 11.3 Å². The molecule has 0 saturated heterocycles. The van der Waals surface area contributed by atoms with Crippen LogP contribution in [0.4, 0.5) is 13.9 Å². The van der Waals surface area contributed by atoms with Crippen LogP contribution in [0.2, 0.25) is 0 Å². The minimum Gasteiger partial charge on any atom is -0.308 e. The number of benzene rings is 1. The number of aromatic nitrogens is 3. The standard InChI is InChI=1S/C18H21F2N5OS.ClH/c1-11(2)25-6-5-14(22-25)17(26)24(8-7-23(3)4)18-21-16-13(20)9-12(19)10-15(16)27-18;/h5-6,9-11H,7-8H2,1-4H3;1H. The Morgan fingerprint density at radius 3 is 2.57 bits per heavy atom. The molecule has 28 heavy (non-hydrogen) atoms. The van der Waals surface area contributed by atoms with Crippen LogP contribution in [0.15, 0.2) is 24.4 Å². The summed E-state index contributed by atoms with van der Waals surface area (Å²) >= 11 is 1.08. The van der Waals surface area contributed by atoms with E-state index < -0.39 is 11.6 Å². The highest BCUT2D eigenvalue weighted by atomic mass is 35.5. The normalized spacial score (nSPS) is 11.3. The zero-order valence-corrected chi connectivity index (χ0v) is 17.7. The molecule has 152 valence electrons. The first kappa shape index (κ1) is 22.2. The number of thiazole rings is 1. The molecule has 10 heteroatoms. The summed E-state index contributed by atoms with van der Waals surface area (Å²) in [6.45, 7) is 4.87. The minimum atomic E-state index is -0.739. The van der Waals surface area contributed by atoms with Gasteiger partial charge in [0.15, 0.2) is 16.6 Å². The Morgan fingerprint density at radius 2 is 1.96 bits per heavy atom. The van der Waals surface area contributed by atoms with Crippen LogP contribution in [-0.4, -0.2) is 52.8 Å². The number of likely N-dealkylation sites (N-methyl/N-ethyl adjacent to an activating group) is 1. The molecule has 0 unspecified atom stereocenters. The van der Waals surface area contributed by atoms with Crippen molar-refractivity contribution in [1.82, 2.24) is 19.7 Å². The average Bonchev–Trinajstić information content (AvgIpc) is 3.21. The molecule has 0 bridgehead atoms. The molecule has 3 rings (SSSR count). The second-order valence-corrected chi connectivity index (χ2v) is 7.77. The van der Waals surface area contributed by atoms with Crippen molar-refractivity contribution in [1.29, 1.82) is 0 Å². The number of anilines is 1. The van der Waals surface area contributed by atoms with Crippen LogP contribution in [0.25, 0.3) is 10.2 Å². The maximum Gasteiger partial charge on any atom is 0.280 e. The van der Waals surface area contributed by atoms with Gasteiger partial charge in [0.1, 0.15) is 11.3 Å². The van der Waals surface area contributed by atoms with E-state index in [9.17, 15) is 13.6 Å². The lowest BCUT2D eigenvalue weighted by atomic mass is 10.3. The van der Waals surface area contributed by atoms with E-state index in [4.69, 9.17) is 0 Å². The fourth-order valence-corrected chi connectivity index (χ4v) is 3.55. The first-order valence-corrected chi connectivity index (χ1v) is 9.35. The number of carbonyl (C=O) groups is 1. The Labute approximate surface area is 172 Å². The lowest BCUT2D eigenvalue weighted by molar-refractivity contribution is 0.0979. The zero-order valence-electron chi connectivity index (χ0n) is 16.0. The average molecular weight is 430 g/mol. The monoisotopic (exact) mass is 429 g/mol. The van der Waals surface area contributed by atoms with Crippen molar-refractivity contribution in [2.45, 2.75) is 19.9 Å². The summed E-state index contributed by atoms with van der Waals surface area (Å²) in [6.07, 6.45) is 1.75. The van der Waals surface area contributed by atoms with Crippen molar-refractivity contribution in [3.8, 4) is 0 Å². The third-order valence-corrected chi connectivity index (χ3v) is 5.03. The van der Waals surface area contributed by atoms with Crippen molar-refractivity contribution in [3.63, 3.8) is 0 Å². The summed E-state index contributed by atoms with van der Waals surface area (Å²) in [7, 11) is 3.78. The topological polar surface area (TPSA) is 54.3 Å². The van der Waals surface area contributed by atoms with Crippen molar-refractivity contribution >= 4 is 45.0 Å². The number of fused-ring (bicyclic) bond motifs is 1. The lowest BCUT2D eigenvalue weighted by Crippen LogP contribution is -2.37. The summed E-state index contributed by atoms with van der Waals surface area (Å²) in [5, 5.41) is 4.64. The molecule has 1 amide bonds. The van der Waals surface area contributed by atoms with Gasteiger partial charge >= 0.3 is 0 Å². The maximum absolute atomic E-state index is 14.0. The molecule has 0 atom stereocenters. The molecule has 0 saturated carbocycles. The van der Waals surface area contributed by atoms with E-state index in [1.807, 2.05) is 32.8 Å². The molecule has 0 spiro atoms. The minimum absolute atomic E-state index is 0. The number of hydrogen-bond donors (Lipinski definition) is 0. The number of halogens is 3. The number of nitrogens with zero attached hydrogens (tertiary/aromatic N) is 5. The van der Waals surface area contributed by atoms with E-state index in [0.717, 1.165) is 17.4 Å². The second kappa shape index (κ2) is 8.93. The van der Waals surface area contributed by atoms with E-state index in [2.05, 4.69) is 10.1 Å². The Bertz CT molecular complexity index is 972. The Kier molecular flexibility index (Phi) is 7.08. The van der Waals surface area contributed by atoms with Crippen LogP contribution in [0.5, 0.6) is 0 Å². The van der Waals surface area contributed by atoms with Crippen molar-refractivity contribution < 1.29 is 13.6 Å². The third-order valence-electron chi connectivity index (χ3n) is 4.01. The second-order valence-electron chi connectivity index (χ2n) is 6.77. The quantitative estimate of drug-likeness (QED) is 0.594. The van der Waals surface area contributed by atoms with Gasteiger partial charge in [0, 0.05) is 31.4 Å². The van der Waals surface area contributed by atoms with Gasteiger partial charge in [0.25, 0.3) is 5.91 Å². The number of rotatable bonds is 6. The van der Waals surface area contributed by atoms with Crippen LogP contribution in [0, 0.1) is 11.6 Å². The summed E-state index contributed by atoms with van der Waals surface area (Å²) in [5.41, 5.74) is 0.347. The first-order valence-electron chi connectivity index (χ1n) is 8.53. The van der Waals surface area contributed by atoms with E-state index >= 15 is 0 Å². The van der Waals surface area contributed by atoms with Crippen LogP contribution in [0.3, 0.4) is 0 Å². The fourth-order valence-electron chi connectivity index (χ4n) is 2.52. The molecular weight excluding hydrogens is 408 g/mol. The SMILES string of the molecule is CC(C)n1ccc(C(=O)N(CCN(C)C)c2nc3c(F)cc(F)cc3s2)n1.Cl. The summed E-state index contributed by atoms with van der Waals surface area (Å²) in [6, 6.07) is 3.80. The fraction of sp³-hybridized carbons (Fsp3) is 0.389. The van der Waals surface area contributed by atoms with Crippen molar-refractivity contribution in [2.75, 3.05) is 32.1 Å². The number of amides is 1. The highest BCUT2D eigenvalue weighted by Crippen LogP contribution is 2.31. The van der Waals surface area contributed by atoms with Crippen LogP contribution in [-0.2, 0) is 0 Å². The molecule has 0 N–H and O–H groups in total. The molecule has 0 aliphatic rings. The van der Waals surface area contributed by atoms with E-state index in [-0.39, 0.29) is 35.6 Å². The molecule has 2 aromatic heterocycles. The molecular formula is C18H22ClF2N5OS. The van der Waals surface area contributed by atoms with Crippen molar-refractivity contribution in [3.05, 3.63) is 41.7 Å². The highest BCUT2D eigenvalue weighted by molar-refractivity contribution is 7.22. The van der Waals surface area contributed by atoms with E-state index in [1.165, 1.54) is 11.0 Å². The Balaban J connectivity index is 0.00000280. The maximum atomic E-state index is 14.0. The van der Waals surface area contributed by atoms with Gasteiger partial charge in [0.2, 0.25) is 0 Å². The summed E-state index contributed by atoms with van der Waals surface area (Å²) in [5.74, 6) is -1.73. The van der Waals surface area contributed by atoms with Gasteiger partial charge in [0.05, 0.1) is 4.70 Å². The third kappa shape index (κ3) is 4.65. The highest BCUT2D eigenvalue weighted by Gasteiger charge is 2.24. The van der Waals surface area contributed by atoms with Gasteiger partial charge < -0.3 is 4.90 Å². The Hall–Kier alpha value is -2.10. The van der Waals surface area contributed by atoms with Gasteiger partial charge in [-0.3, -0.25) is 14.4 Å². The predicted molar refractivity (Wildman–Crippen MR) is 110 cm³/mol. The largest absolute Gasteiger partial charge is 0.308 e. The molecule has 1 aromatic carbocycles. The summed E-state index contributed by atoms with van der Waals surface area (Å²) < 4.78 is 29.6. The van der Waals surface area contributed by atoms with Gasteiger partial charge in [-0.15, -0.1) is 12.4 Å². The molecule has 6 nitrogen and oxygen atoms in total. The molecule has 0 fully saturated rings. The molecule has 0 radical (unpaired) electrons. The number of hydrogen-bond acceptors (Lipinski definition) is 5. The van der Waals surface area contributed by atoms with Crippen LogP contribution in [0.1, 0.15) is 30.4 Å². The van der Waals surface area contributed by atoms with Gasteiger partial charge in [-0.25, -0.2) is 13.8 Å². The number of carbonyl (C=O) groups excluding carboxylic acids is 1. The van der Waals surface area contributed by atoms with Crippen molar-refractivity contribution in [2.24, 2.45) is 0 Å². The van der Waals surface area contributed by atoms with E-state index in [0.29, 0.717) is 22.9 Å². The van der Waals surface area contributed by atoms with E-state index in [1.54, 1.807) is 16.9 Å². The predicted octanol–water partition coefficient (Wildman–Crippen LogP) is 3.98. The van der Waals surface area contributed by atoms with Gasteiger partial charge in [-0.05, 0) is 40.1 Å². The van der Waals surface area contributed by atoms with Crippen LogP contribution >= 0.6 is 23.7 Å². The summed E-state index contributed by atoms with van der Waals surface area (Å²) in [4.78, 5) is 20.7. The lowest BCUT2D eigenvalue weighted by Gasteiger charge is -2.21. The first-order chi connectivity index (χ1) is 12.8. The van der Waals surface area contributed by atoms with Crippen LogP contribution < -0.4 is 4.90 Å².